The molecule has 3 rings (SSSR count). The van der Waals surface area contributed by atoms with Gasteiger partial charge in [-0.3, -0.25) is 0 Å². The molecule has 0 amide bonds. The second-order valence-corrected chi connectivity index (χ2v) is 6.61. The molecule has 0 saturated heterocycles. The topological polar surface area (TPSA) is 120 Å². The summed E-state index contributed by atoms with van der Waals surface area (Å²) in [5.74, 6) is -1.62. The Kier molecular flexibility index (Phi) is 5.92. The number of unbranched alkanes of at least 4 members (excludes halogenated alkanes) is 1. The van der Waals surface area contributed by atoms with E-state index in [0.717, 1.165) is 36.6 Å². The summed E-state index contributed by atoms with van der Waals surface area (Å²) < 4.78 is 1.43. The van der Waals surface area contributed by atoms with Crippen molar-refractivity contribution in [3.8, 4) is 17.3 Å². The van der Waals surface area contributed by atoms with E-state index in [1.807, 2.05) is 24.3 Å². The molecule has 0 bridgehead atoms. The highest BCUT2D eigenvalue weighted by molar-refractivity contribution is 5.88. The van der Waals surface area contributed by atoms with E-state index in [1.165, 1.54) is 16.8 Å². The number of nitrogens with zero attached hydrogens (tertiary/aromatic N) is 4. The number of hydrogen-bond acceptors (Lipinski definition) is 6. The van der Waals surface area contributed by atoms with E-state index in [9.17, 15) is 15.0 Å². The summed E-state index contributed by atoms with van der Waals surface area (Å²) in [7, 11) is 0. The van der Waals surface area contributed by atoms with Crippen molar-refractivity contribution in [2.24, 2.45) is 10.2 Å². The Labute approximate surface area is 167 Å². The van der Waals surface area contributed by atoms with Crippen LogP contribution in [-0.2, 0) is 6.42 Å². The first kappa shape index (κ1) is 20.1. The third-order valence-electron chi connectivity index (χ3n) is 4.50. The smallest absolute Gasteiger partial charge is 0.335 e. The van der Waals surface area contributed by atoms with Crippen LogP contribution in [0.15, 0.2) is 52.7 Å². The fraction of sp³-hybridized carbons (Fsp3) is 0.238. The van der Waals surface area contributed by atoms with Crippen LogP contribution in [-0.4, -0.2) is 31.1 Å². The third kappa shape index (κ3) is 4.26. The van der Waals surface area contributed by atoms with E-state index >= 15 is 0 Å². The van der Waals surface area contributed by atoms with Gasteiger partial charge in [-0.1, -0.05) is 31.5 Å². The number of phenolic OH excluding ortho intramolecular Hbond substituents is 1. The average molecular weight is 394 g/mol. The van der Waals surface area contributed by atoms with Crippen LogP contribution in [0.3, 0.4) is 0 Å². The number of para-hydroxylation sites is 1. The molecule has 3 aromatic rings. The number of hydrogen-bond donors (Lipinski definition) is 3. The van der Waals surface area contributed by atoms with Gasteiger partial charge in [0.05, 0.1) is 16.9 Å². The standard InChI is InChI=1S/C21H22N4O4/c1-3-4-7-14-8-5-6-9-17(14)25-20(27)19(13(2)24-25)23-22-16-11-10-15(21(28)29)12-18(16)26/h5-6,8-12,26-27H,3-4,7H2,1-2H3,(H,28,29). The van der Waals surface area contributed by atoms with E-state index in [0.29, 0.717) is 5.69 Å². The molecule has 3 N–H and O–H groups in total. The Morgan fingerprint density at radius 3 is 2.59 bits per heavy atom. The van der Waals surface area contributed by atoms with Gasteiger partial charge in [-0.05, 0) is 49.6 Å². The minimum Gasteiger partial charge on any atom is -0.506 e. The number of phenols is 1. The average Bonchev–Trinajstić information content (AvgIpc) is 2.99. The summed E-state index contributed by atoms with van der Waals surface area (Å²) in [6, 6.07) is 11.5. The van der Waals surface area contributed by atoms with E-state index in [4.69, 9.17) is 5.11 Å². The zero-order valence-corrected chi connectivity index (χ0v) is 16.2. The summed E-state index contributed by atoms with van der Waals surface area (Å²) >= 11 is 0. The summed E-state index contributed by atoms with van der Waals surface area (Å²) in [6.07, 6.45) is 2.95. The van der Waals surface area contributed by atoms with E-state index in [1.54, 1.807) is 6.92 Å². The quantitative estimate of drug-likeness (QED) is 0.484. The van der Waals surface area contributed by atoms with Crippen LogP contribution in [0, 0.1) is 6.92 Å². The van der Waals surface area contributed by atoms with Gasteiger partial charge in [0.2, 0.25) is 5.88 Å². The molecule has 0 aliphatic heterocycles. The summed E-state index contributed by atoms with van der Waals surface area (Å²) in [5, 5.41) is 42.0. The van der Waals surface area contributed by atoms with Gasteiger partial charge in [0.15, 0.2) is 5.69 Å². The zero-order valence-electron chi connectivity index (χ0n) is 16.2. The predicted octanol–water partition coefficient (Wildman–Crippen LogP) is 5.05. The van der Waals surface area contributed by atoms with Gasteiger partial charge >= 0.3 is 5.97 Å². The second kappa shape index (κ2) is 8.55. The number of rotatable bonds is 7. The van der Waals surface area contributed by atoms with Gasteiger partial charge in [-0.25, -0.2) is 4.79 Å². The van der Waals surface area contributed by atoms with E-state index in [2.05, 4.69) is 22.3 Å². The summed E-state index contributed by atoms with van der Waals surface area (Å²) in [4.78, 5) is 11.0. The molecule has 1 aromatic heterocycles. The van der Waals surface area contributed by atoms with Crippen LogP contribution in [0.1, 0.15) is 41.4 Å². The third-order valence-corrected chi connectivity index (χ3v) is 4.50. The van der Waals surface area contributed by atoms with Gasteiger partial charge in [0.1, 0.15) is 11.4 Å². The Balaban J connectivity index is 1.95. The first-order valence-electron chi connectivity index (χ1n) is 9.27. The number of aromatic carboxylic acids is 1. The van der Waals surface area contributed by atoms with Crippen LogP contribution in [0.5, 0.6) is 11.6 Å². The Hall–Kier alpha value is -3.68. The number of azo groups is 1. The van der Waals surface area contributed by atoms with Crippen molar-refractivity contribution in [1.82, 2.24) is 9.78 Å². The molecule has 1 heterocycles. The Morgan fingerprint density at radius 1 is 1.14 bits per heavy atom. The van der Waals surface area contributed by atoms with Crippen molar-refractivity contribution in [2.75, 3.05) is 0 Å². The molecule has 0 aliphatic carbocycles. The lowest BCUT2D eigenvalue weighted by Gasteiger charge is -2.09. The largest absolute Gasteiger partial charge is 0.506 e. The van der Waals surface area contributed by atoms with Crippen molar-refractivity contribution < 1.29 is 20.1 Å². The minimum absolute atomic E-state index is 0.0583. The van der Waals surface area contributed by atoms with Crippen LogP contribution in [0.4, 0.5) is 11.4 Å². The fourth-order valence-electron chi connectivity index (χ4n) is 2.93. The monoisotopic (exact) mass is 394 g/mol. The van der Waals surface area contributed by atoms with E-state index < -0.39 is 5.97 Å². The number of carbonyl (C=O) groups is 1. The lowest BCUT2D eigenvalue weighted by Crippen LogP contribution is -2.01. The lowest BCUT2D eigenvalue weighted by molar-refractivity contribution is 0.0696. The maximum absolute atomic E-state index is 11.0. The minimum atomic E-state index is -1.15. The van der Waals surface area contributed by atoms with Crippen LogP contribution < -0.4 is 0 Å². The number of carboxylic acids is 1. The molecule has 0 saturated carbocycles. The van der Waals surface area contributed by atoms with Gasteiger partial charge in [0.25, 0.3) is 0 Å². The number of benzene rings is 2. The second-order valence-electron chi connectivity index (χ2n) is 6.61. The molecular weight excluding hydrogens is 372 g/mol. The maximum Gasteiger partial charge on any atom is 0.335 e. The van der Waals surface area contributed by atoms with Gasteiger partial charge < -0.3 is 15.3 Å². The summed E-state index contributed by atoms with van der Waals surface area (Å²) in [5.41, 5.74) is 2.52. The molecule has 0 fully saturated rings. The fourth-order valence-corrected chi connectivity index (χ4v) is 2.93. The lowest BCUT2D eigenvalue weighted by atomic mass is 10.1. The highest BCUT2D eigenvalue weighted by Crippen LogP contribution is 2.36. The van der Waals surface area contributed by atoms with Crippen molar-refractivity contribution in [3.63, 3.8) is 0 Å². The van der Waals surface area contributed by atoms with Crippen LogP contribution >= 0.6 is 0 Å². The number of aromatic nitrogens is 2. The number of aromatic hydroxyl groups is 2. The SMILES string of the molecule is CCCCc1ccccc1-n1nc(C)c(N=Nc2ccc(C(=O)O)cc2O)c1O. The molecule has 150 valence electrons. The van der Waals surface area contributed by atoms with Crippen LogP contribution in [0.25, 0.3) is 5.69 Å². The van der Waals surface area contributed by atoms with E-state index in [-0.39, 0.29) is 28.6 Å². The molecule has 0 spiro atoms. The highest BCUT2D eigenvalue weighted by Gasteiger charge is 2.18. The van der Waals surface area contributed by atoms with Crippen molar-refractivity contribution in [3.05, 3.63) is 59.3 Å². The first-order valence-corrected chi connectivity index (χ1v) is 9.27. The molecule has 0 unspecified atom stereocenters. The molecule has 0 atom stereocenters. The molecule has 8 nitrogen and oxygen atoms in total. The van der Waals surface area contributed by atoms with Gasteiger partial charge in [-0.15, -0.1) is 10.2 Å². The summed E-state index contributed by atoms with van der Waals surface area (Å²) in [6.45, 7) is 3.82. The first-order chi connectivity index (χ1) is 13.9. The maximum atomic E-state index is 11.0. The Morgan fingerprint density at radius 2 is 1.90 bits per heavy atom. The van der Waals surface area contributed by atoms with Gasteiger partial charge in [0, 0.05) is 0 Å². The number of aryl methyl sites for hydroxylation is 2. The zero-order chi connectivity index (χ0) is 21.0. The molecular formula is C21H22N4O4. The molecule has 0 radical (unpaired) electrons. The predicted molar refractivity (Wildman–Crippen MR) is 108 cm³/mol. The van der Waals surface area contributed by atoms with Crippen molar-refractivity contribution in [1.29, 1.82) is 0 Å². The Bertz CT molecular complexity index is 1070. The molecule has 2 aromatic carbocycles. The molecule has 8 heteroatoms. The normalized spacial score (nSPS) is 11.2. The van der Waals surface area contributed by atoms with Crippen LogP contribution in [0.2, 0.25) is 0 Å². The number of carboxylic acid groups (broad SMARTS) is 1. The molecule has 29 heavy (non-hydrogen) atoms. The van der Waals surface area contributed by atoms with Gasteiger partial charge in [-0.2, -0.15) is 9.78 Å². The van der Waals surface area contributed by atoms with Crippen molar-refractivity contribution in [2.45, 2.75) is 33.1 Å². The van der Waals surface area contributed by atoms with Crippen molar-refractivity contribution >= 4 is 17.3 Å². The highest BCUT2D eigenvalue weighted by atomic mass is 16.4. The molecule has 0 aliphatic rings.